The molecule has 0 aliphatic carbocycles. The lowest BCUT2D eigenvalue weighted by Gasteiger charge is -2.17. The summed E-state index contributed by atoms with van der Waals surface area (Å²) in [6.07, 6.45) is 4.22. The van der Waals surface area contributed by atoms with Gasteiger partial charge in [-0.2, -0.15) is 0 Å². The maximum Gasteiger partial charge on any atom is 0.254 e. The Bertz CT molecular complexity index is 391. The van der Waals surface area contributed by atoms with E-state index in [0.29, 0.717) is 12.1 Å². The molecular formula is C14H24N4O. The minimum Gasteiger partial charge on any atom is -0.387 e. The summed E-state index contributed by atoms with van der Waals surface area (Å²) < 4.78 is 0. The average molecular weight is 264 g/mol. The van der Waals surface area contributed by atoms with Crippen molar-refractivity contribution < 1.29 is 4.79 Å². The maximum absolute atomic E-state index is 12.0. The Kier molecular flexibility index (Phi) is 6.89. The fourth-order valence-corrected chi connectivity index (χ4v) is 1.93. The first-order chi connectivity index (χ1) is 9.22. The summed E-state index contributed by atoms with van der Waals surface area (Å²) in [6.45, 7) is 8.11. The van der Waals surface area contributed by atoms with Gasteiger partial charge >= 0.3 is 0 Å². The van der Waals surface area contributed by atoms with Gasteiger partial charge in [0.05, 0.1) is 5.56 Å². The second-order valence-corrected chi connectivity index (χ2v) is 4.31. The molecule has 1 aromatic rings. The molecule has 0 fully saturated rings. The number of carbonyl (C=O) groups is 1. The Morgan fingerprint density at radius 3 is 2.74 bits per heavy atom. The molecule has 0 saturated heterocycles. The van der Waals surface area contributed by atoms with E-state index in [9.17, 15) is 4.79 Å². The summed E-state index contributed by atoms with van der Waals surface area (Å²) in [7, 11) is 1.80. The number of rotatable bonds is 8. The average Bonchev–Trinajstić information content (AvgIpc) is 2.47. The van der Waals surface area contributed by atoms with Gasteiger partial charge in [-0.15, -0.1) is 0 Å². The summed E-state index contributed by atoms with van der Waals surface area (Å²) >= 11 is 0. The van der Waals surface area contributed by atoms with Crippen molar-refractivity contribution in [1.82, 2.24) is 15.2 Å². The standard InChI is InChI=1S/C14H24N4O/c1-4-18(5-2)10-6-8-17-14(19)12-11-16-9-7-13(12)15-3/h7,9,11H,4-6,8,10H2,1-3H3,(H,15,16)(H,17,19). The molecule has 5 nitrogen and oxygen atoms in total. The molecule has 1 rings (SSSR count). The van der Waals surface area contributed by atoms with Crippen molar-refractivity contribution >= 4 is 11.6 Å². The van der Waals surface area contributed by atoms with E-state index in [2.05, 4.69) is 34.4 Å². The minimum atomic E-state index is -0.0722. The first kappa shape index (κ1) is 15.4. The summed E-state index contributed by atoms with van der Waals surface area (Å²) in [5.74, 6) is -0.0722. The number of hydrogen-bond donors (Lipinski definition) is 2. The highest BCUT2D eigenvalue weighted by Gasteiger charge is 2.09. The van der Waals surface area contributed by atoms with Crippen LogP contribution in [0.15, 0.2) is 18.5 Å². The minimum absolute atomic E-state index is 0.0722. The normalized spacial score (nSPS) is 10.5. The summed E-state index contributed by atoms with van der Waals surface area (Å²) in [4.78, 5) is 18.3. The Morgan fingerprint density at radius 2 is 2.11 bits per heavy atom. The van der Waals surface area contributed by atoms with Gasteiger partial charge < -0.3 is 15.5 Å². The van der Waals surface area contributed by atoms with E-state index < -0.39 is 0 Å². The molecule has 0 aliphatic rings. The molecule has 1 heterocycles. The van der Waals surface area contributed by atoms with Crippen molar-refractivity contribution in [2.75, 3.05) is 38.5 Å². The molecule has 106 valence electrons. The number of aromatic nitrogens is 1. The maximum atomic E-state index is 12.0. The van der Waals surface area contributed by atoms with E-state index in [1.807, 2.05) is 0 Å². The number of hydrogen-bond acceptors (Lipinski definition) is 4. The van der Waals surface area contributed by atoms with Gasteiger partial charge in [0.25, 0.3) is 5.91 Å². The van der Waals surface area contributed by atoms with Crippen LogP contribution in [0.2, 0.25) is 0 Å². The van der Waals surface area contributed by atoms with E-state index in [4.69, 9.17) is 0 Å². The second-order valence-electron chi connectivity index (χ2n) is 4.31. The van der Waals surface area contributed by atoms with Crippen molar-refractivity contribution in [1.29, 1.82) is 0 Å². The summed E-state index contributed by atoms with van der Waals surface area (Å²) in [6, 6.07) is 1.80. The molecule has 1 amide bonds. The van der Waals surface area contributed by atoms with Gasteiger partial charge in [0.2, 0.25) is 0 Å². The van der Waals surface area contributed by atoms with Gasteiger partial charge in [-0.25, -0.2) is 0 Å². The summed E-state index contributed by atoms with van der Waals surface area (Å²) in [5.41, 5.74) is 1.39. The number of amides is 1. The molecule has 0 aromatic carbocycles. The highest BCUT2D eigenvalue weighted by molar-refractivity contribution is 5.99. The zero-order valence-corrected chi connectivity index (χ0v) is 12.1. The van der Waals surface area contributed by atoms with Crippen LogP contribution in [-0.2, 0) is 0 Å². The fraction of sp³-hybridized carbons (Fsp3) is 0.571. The van der Waals surface area contributed by atoms with Gasteiger partial charge in [0.15, 0.2) is 0 Å². The van der Waals surface area contributed by atoms with Crippen LogP contribution in [-0.4, -0.2) is 49.0 Å². The van der Waals surface area contributed by atoms with Gasteiger partial charge in [0, 0.05) is 31.7 Å². The van der Waals surface area contributed by atoms with E-state index >= 15 is 0 Å². The van der Waals surface area contributed by atoms with E-state index in [0.717, 1.165) is 31.7 Å². The van der Waals surface area contributed by atoms with Crippen LogP contribution in [0.3, 0.4) is 0 Å². The van der Waals surface area contributed by atoms with Crippen LogP contribution in [0.4, 0.5) is 5.69 Å². The van der Waals surface area contributed by atoms with Crippen molar-refractivity contribution in [3.05, 3.63) is 24.0 Å². The van der Waals surface area contributed by atoms with Crippen LogP contribution < -0.4 is 10.6 Å². The molecular weight excluding hydrogens is 240 g/mol. The predicted molar refractivity (Wildman–Crippen MR) is 78.5 cm³/mol. The molecule has 0 saturated carbocycles. The van der Waals surface area contributed by atoms with Gasteiger partial charge in [0.1, 0.15) is 0 Å². The number of carbonyl (C=O) groups excluding carboxylic acids is 1. The fourth-order valence-electron chi connectivity index (χ4n) is 1.93. The molecule has 5 heteroatoms. The smallest absolute Gasteiger partial charge is 0.254 e. The predicted octanol–water partition coefficient (Wildman–Crippen LogP) is 1.58. The van der Waals surface area contributed by atoms with Crippen LogP contribution in [0.1, 0.15) is 30.6 Å². The van der Waals surface area contributed by atoms with E-state index in [1.165, 1.54) is 0 Å². The number of anilines is 1. The zero-order valence-electron chi connectivity index (χ0n) is 12.1. The van der Waals surface area contributed by atoms with Gasteiger partial charge in [-0.05, 0) is 32.1 Å². The van der Waals surface area contributed by atoms with Crippen molar-refractivity contribution in [2.24, 2.45) is 0 Å². The first-order valence-corrected chi connectivity index (χ1v) is 6.85. The highest BCUT2D eigenvalue weighted by Crippen LogP contribution is 2.11. The molecule has 1 aromatic heterocycles. The highest BCUT2D eigenvalue weighted by atomic mass is 16.1. The number of nitrogens with zero attached hydrogens (tertiary/aromatic N) is 2. The molecule has 0 radical (unpaired) electrons. The Morgan fingerprint density at radius 1 is 1.37 bits per heavy atom. The van der Waals surface area contributed by atoms with Crippen LogP contribution >= 0.6 is 0 Å². The van der Waals surface area contributed by atoms with Gasteiger partial charge in [-0.3, -0.25) is 9.78 Å². The quantitative estimate of drug-likeness (QED) is 0.700. The molecule has 0 bridgehead atoms. The van der Waals surface area contributed by atoms with Crippen LogP contribution in [0, 0.1) is 0 Å². The largest absolute Gasteiger partial charge is 0.387 e. The third-order valence-electron chi connectivity index (χ3n) is 3.17. The van der Waals surface area contributed by atoms with Crippen LogP contribution in [0.25, 0.3) is 0 Å². The molecule has 2 N–H and O–H groups in total. The van der Waals surface area contributed by atoms with Crippen molar-refractivity contribution in [3.63, 3.8) is 0 Å². The van der Waals surface area contributed by atoms with Crippen molar-refractivity contribution in [2.45, 2.75) is 20.3 Å². The van der Waals surface area contributed by atoms with E-state index in [1.54, 1.807) is 25.5 Å². The molecule has 0 unspecified atom stereocenters. The molecule has 0 spiro atoms. The van der Waals surface area contributed by atoms with E-state index in [-0.39, 0.29) is 5.91 Å². The van der Waals surface area contributed by atoms with Gasteiger partial charge in [-0.1, -0.05) is 13.8 Å². The number of nitrogens with one attached hydrogen (secondary N) is 2. The Balaban J connectivity index is 2.39. The number of pyridine rings is 1. The molecule has 19 heavy (non-hydrogen) atoms. The summed E-state index contributed by atoms with van der Waals surface area (Å²) in [5, 5.41) is 5.93. The monoisotopic (exact) mass is 264 g/mol. The topological polar surface area (TPSA) is 57.3 Å². The third kappa shape index (κ3) is 4.87. The Labute approximate surface area is 115 Å². The molecule has 0 atom stereocenters. The Hall–Kier alpha value is -1.62. The molecule has 0 aliphatic heterocycles. The van der Waals surface area contributed by atoms with Crippen LogP contribution in [0.5, 0.6) is 0 Å². The second kappa shape index (κ2) is 8.48. The third-order valence-corrected chi connectivity index (χ3v) is 3.17. The lowest BCUT2D eigenvalue weighted by molar-refractivity contribution is 0.0952. The van der Waals surface area contributed by atoms with Crippen molar-refractivity contribution in [3.8, 4) is 0 Å². The SMILES string of the molecule is CCN(CC)CCCNC(=O)c1cnccc1NC. The lowest BCUT2D eigenvalue weighted by atomic mass is 10.2. The lowest BCUT2D eigenvalue weighted by Crippen LogP contribution is -2.30. The zero-order chi connectivity index (χ0) is 14.1. The first-order valence-electron chi connectivity index (χ1n) is 6.85.